The molecule has 1 aliphatic carbocycles. The van der Waals surface area contributed by atoms with Crippen LogP contribution in [0, 0.1) is 5.41 Å². The van der Waals surface area contributed by atoms with Crippen LogP contribution < -0.4 is 11.1 Å². The molecule has 1 fully saturated rings. The molecule has 1 unspecified atom stereocenters. The molecule has 3 N–H and O–H groups in total. The van der Waals surface area contributed by atoms with Gasteiger partial charge in [0.15, 0.2) is 5.82 Å². The predicted octanol–water partition coefficient (Wildman–Crippen LogP) is 2.36. The highest BCUT2D eigenvalue weighted by Gasteiger charge is 2.40. The molecular formula is C18H24N4O2. The van der Waals surface area contributed by atoms with E-state index < -0.39 is 5.41 Å². The molecule has 1 aromatic carbocycles. The van der Waals surface area contributed by atoms with Crippen molar-refractivity contribution in [2.24, 2.45) is 11.1 Å². The average molecular weight is 328 g/mol. The lowest BCUT2D eigenvalue weighted by Gasteiger charge is -2.27. The molecule has 0 aliphatic heterocycles. The van der Waals surface area contributed by atoms with Crippen LogP contribution in [0.1, 0.15) is 55.9 Å². The summed E-state index contributed by atoms with van der Waals surface area (Å²) in [6.45, 7) is 2.26. The number of hydrogen-bond donors (Lipinski definition) is 2. The largest absolute Gasteiger partial charge is 0.346 e. The molecule has 6 nitrogen and oxygen atoms in total. The summed E-state index contributed by atoms with van der Waals surface area (Å²) < 4.78 is 5.31. The van der Waals surface area contributed by atoms with Crippen molar-refractivity contribution in [3.8, 4) is 0 Å². The molecule has 0 bridgehead atoms. The van der Waals surface area contributed by atoms with Gasteiger partial charge in [-0.2, -0.15) is 4.98 Å². The first kappa shape index (κ1) is 16.6. The number of nitrogens with one attached hydrogen (secondary N) is 1. The van der Waals surface area contributed by atoms with Gasteiger partial charge in [-0.1, -0.05) is 48.3 Å². The van der Waals surface area contributed by atoms with E-state index in [1.807, 2.05) is 37.3 Å². The number of amides is 1. The van der Waals surface area contributed by atoms with Crippen molar-refractivity contribution in [2.45, 2.75) is 45.1 Å². The Bertz CT molecular complexity index is 677. The van der Waals surface area contributed by atoms with E-state index in [0.717, 1.165) is 31.2 Å². The van der Waals surface area contributed by atoms with Crippen LogP contribution in [0.4, 0.5) is 0 Å². The van der Waals surface area contributed by atoms with Crippen LogP contribution in [-0.2, 0) is 11.2 Å². The second-order valence-corrected chi connectivity index (χ2v) is 6.60. The van der Waals surface area contributed by atoms with Crippen LogP contribution >= 0.6 is 0 Å². The van der Waals surface area contributed by atoms with Crippen molar-refractivity contribution >= 4 is 5.91 Å². The summed E-state index contributed by atoms with van der Waals surface area (Å²) >= 11 is 0. The van der Waals surface area contributed by atoms with Gasteiger partial charge >= 0.3 is 0 Å². The zero-order valence-corrected chi connectivity index (χ0v) is 14.0. The van der Waals surface area contributed by atoms with E-state index in [2.05, 4.69) is 15.5 Å². The lowest BCUT2D eigenvalue weighted by Crippen LogP contribution is -2.45. The van der Waals surface area contributed by atoms with E-state index >= 15 is 0 Å². The highest BCUT2D eigenvalue weighted by atomic mass is 16.5. The van der Waals surface area contributed by atoms with Crippen LogP contribution in [0.5, 0.6) is 0 Å². The van der Waals surface area contributed by atoms with E-state index in [1.165, 1.54) is 0 Å². The molecule has 1 atom stereocenters. The highest BCUT2D eigenvalue weighted by molar-refractivity contribution is 5.83. The molecule has 3 rings (SSSR count). The standard InChI is InChI=1S/C18H24N4O2/c1-13(20-17(23)18(12-19)9-5-6-10-18)16-21-15(24-22-16)11-14-7-3-2-4-8-14/h2-4,7-8,13H,5-6,9-12,19H2,1H3,(H,20,23). The summed E-state index contributed by atoms with van der Waals surface area (Å²) in [7, 11) is 0. The fourth-order valence-corrected chi connectivity index (χ4v) is 3.28. The summed E-state index contributed by atoms with van der Waals surface area (Å²) in [4.78, 5) is 17.0. The Morgan fingerprint density at radius 3 is 2.71 bits per heavy atom. The summed E-state index contributed by atoms with van der Waals surface area (Å²) in [5, 5.41) is 7.01. The third kappa shape index (κ3) is 3.48. The maximum absolute atomic E-state index is 12.6. The lowest BCUT2D eigenvalue weighted by atomic mass is 9.85. The first-order valence-electron chi connectivity index (χ1n) is 8.50. The minimum atomic E-state index is -0.426. The average Bonchev–Trinajstić information content (AvgIpc) is 3.25. The zero-order valence-electron chi connectivity index (χ0n) is 14.0. The lowest BCUT2D eigenvalue weighted by molar-refractivity contribution is -0.131. The van der Waals surface area contributed by atoms with Crippen LogP contribution in [0.3, 0.4) is 0 Å². The first-order chi connectivity index (χ1) is 11.6. The minimum absolute atomic E-state index is 0.00408. The second-order valence-electron chi connectivity index (χ2n) is 6.60. The normalized spacial score (nSPS) is 17.6. The SMILES string of the molecule is CC(NC(=O)C1(CN)CCCC1)c1noc(Cc2ccccc2)n1. The number of nitrogens with zero attached hydrogens (tertiary/aromatic N) is 2. The van der Waals surface area contributed by atoms with Gasteiger partial charge in [0.05, 0.1) is 17.9 Å². The number of rotatable bonds is 6. The van der Waals surface area contributed by atoms with E-state index in [-0.39, 0.29) is 11.9 Å². The second kappa shape index (κ2) is 7.13. The Kier molecular flexibility index (Phi) is 4.94. The Morgan fingerprint density at radius 1 is 1.33 bits per heavy atom. The van der Waals surface area contributed by atoms with Gasteiger partial charge in [-0.25, -0.2) is 0 Å². The van der Waals surface area contributed by atoms with Crippen LogP contribution in [0.15, 0.2) is 34.9 Å². The van der Waals surface area contributed by atoms with Gasteiger partial charge in [-0.05, 0) is 25.3 Å². The molecule has 0 radical (unpaired) electrons. The topological polar surface area (TPSA) is 94.0 Å². The highest BCUT2D eigenvalue weighted by Crippen LogP contribution is 2.37. The van der Waals surface area contributed by atoms with Crippen LogP contribution in [0.2, 0.25) is 0 Å². The monoisotopic (exact) mass is 328 g/mol. The summed E-state index contributed by atoms with van der Waals surface area (Å²) in [6, 6.07) is 9.65. The molecule has 0 saturated heterocycles. The molecule has 2 aromatic rings. The van der Waals surface area contributed by atoms with E-state index in [1.54, 1.807) is 0 Å². The summed E-state index contributed by atoms with van der Waals surface area (Å²) in [6.07, 6.45) is 4.41. The third-order valence-electron chi connectivity index (χ3n) is 4.85. The molecule has 6 heteroatoms. The molecule has 1 heterocycles. The Balaban J connectivity index is 1.63. The molecular weight excluding hydrogens is 304 g/mol. The molecule has 0 spiro atoms. The number of benzene rings is 1. The van der Waals surface area contributed by atoms with Gasteiger partial charge in [0.2, 0.25) is 11.8 Å². The van der Waals surface area contributed by atoms with Gasteiger partial charge in [0.1, 0.15) is 0 Å². The number of hydrogen-bond acceptors (Lipinski definition) is 5. The van der Waals surface area contributed by atoms with E-state index in [4.69, 9.17) is 10.3 Å². The number of aromatic nitrogens is 2. The van der Waals surface area contributed by atoms with Crippen molar-refractivity contribution in [1.29, 1.82) is 0 Å². The third-order valence-corrected chi connectivity index (χ3v) is 4.85. The van der Waals surface area contributed by atoms with Crippen LogP contribution in [0.25, 0.3) is 0 Å². The maximum Gasteiger partial charge on any atom is 0.231 e. The Morgan fingerprint density at radius 2 is 2.04 bits per heavy atom. The molecule has 1 aliphatic rings. The van der Waals surface area contributed by atoms with Gasteiger partial charge in [-0.3, -0.25) is 4.79 Å². The molecule has 1 amide bonds. The Hall–Kier alpha value is -2.21. The van der Waals surface area contributed by atoms with Crippen molar-refractivity contribution in [3.63, 3.8) is 0 Å². The van der Waals surface area contributed by atoms with E-state index in [0.29, 0.717) is 24.7 Å². The number of carbonyl (C=O) groups excluding carboxylic acids is 1. The fraction of sp³-hybridized carbons (Fsp3) is 0.500. The van der Waals surface area contributed by atoms with Crippen molar-refractivity contribution in [3.05, 3.63) is 47.6 Å². The summed E-state index contributed by atoms with van der Waals surface area (Å²) in [5.41, 5.74) is 6.55. The fourth-order valence-electron chi connectivity index (χ4n) is 3.28. The van der Waals surface area contributed by atoms with Crippen molar-refractivity contribution < 1.29 is 9.32 Å². The first-order valence-corrected chi connectivity index (χ1v) is 8.50. The molecule has 128 valence electrons. The predicted molar refractivity (Wildman–Crippen MR) is 90.1 cm³/mol. The van der Waals surface area contributed by atoms with Gasteiger partial charge < -0.3 is 15.6 Å². The molecule has 1 aromatic heterocycles. The van der Waals surface area contributed by atoms with Crippen molar-refractivity contribution in [1.82, 2.24) is 15.5 Å². The van der Waals surface area contributed by atoms with Crippen molar-refractivity contribution in [2.75, 3.05) is 6.54 Å². The van der Waals surface area contributed by atoms with Gasteiger partial charge in [0, 0.05) is 6.54 Å². The minimum Gasteiger partial charge on any atom is -0.346 e. The van der Waals surface area contributed by atoms with Gasteiger partial charge in [0.25, 0.3) is 0 Å². The van der Waals surface area contributed by atoms with Gasteiger partial charge in [-0.15, -0.1) is 0 Å². The maximum atomic E-state index is 12.6. The van der Waals surface area contributed by atoms with E-state index in [9.17, 15) is 4.79 Å². The smallest absolute Gasteiger partial charge is 0.231 e. The quantitative estimate of drug-likeness (QED) is 0.849. The molecule has 24 heavy (non-hydrogen) atoms. The number of carbonyl (C=O) groups is 1. The molecule has 1 saturated carbocycles. The number of nitrogens with two attached hydrogens (primary N) is 1. The zero-order chi connectivity index (χ0) is 17.0. The van der Waals surface area contributed by atoms with Crippen LogP contribution in [-0.4, -0.2) is 22.6 Å². The summed E-state index contributed by atoms with van der Waals surface area (Å²) in [5.74, 6) is 1.05. The Labute approximate surface area is 141 Å².